The number of ether oxygens (including phenoxy) is 2. The highest BCUT2D eigenvalue weighted by Gasteiger charge is 2.17. The highest BCUT2D eigenvalue weighted by Crippen LogP contribution is 2.32. The third-order valence-electron chi connectivity index (χ3n) is 6.40. The zero-order valence-corrected chi connectivity index (χ0v) is 21.2. The maximum absolute atomic E-state index is 13.1. The van der Waals surface area contributed by atoms with Crippen LogP contribution < -0.4 is 20.7 Å². The number of hydrogen-bond donors (Lipinski definition) is 3. The SMILES string of the molecule is CC(C)c1cc(NC(=O)Nc2ccc(OCCC3CNCCO3)c3ccccc23)n(-c2ccccc2)n1. The van der Waals surface area contributed by atoms with E-state index in [1.54, 1.807) is 4.68 Å². The molecule has 4 aromatic rings. The van der Waals surface area contributed by atoms with Crippen molar-refractivity contribution < 1.29 is 14.3 Å². The van der Waals surface area contributed by atoms with Crippen molar-refractivity contribution in [2.75, 3.05) is 36.9 Å². The summed E-state index contributed by atoms with van der Waals surface area (Å²) in [5.74, 6) is 1.62. The van der Waals surface area contributed by atoms with Gasteiger partial charge >= 0.3 is 6.03 Å². The van der Waals surface area contributed by atoms with Gasteiger partial charge in [-0.2, -0.15) is 5.10 Å². The lowest BCUT2D eigenvalue weighted by Gasteiger charge is -2.23. The van der Waals surface area contributed by atoms with Gasteiger partial charge in [0.15, 0.2) is 0 Å². The molecule has 1 atom stereocenters. The molecule has 37 heavy (non-hydrogen) atoms. The Morgan fingerprint density at radius 2 is 1.86 bits per heavy atom. The number of nitrogens with one attached hydrogen (secondary N) is 3. The summed E-state index contributed by atoms with van der Waals surface area (Å²) in [7, 11) is 0. The number of morpholine rings is 1. The van der Waals surface area contributed by atoms with Crippen LogP contribution in [0.3, 0.4) is 0 Å². The van der Waals surface area contributed by atoms with Crippen molar-refractivity contribution >= 4 is 28.3 Å². The first-order valence-electron chi connectivity index (χ1n) is 12.8. The summed E-state index contributed by atoms with van der Waals surface area (Å²) < 4.78 is 13.6. The number of carbonyl (C=O) groups excluding carboxylic acids is 1. The predicted molar refractivity (Wildman–Crippen MR) is 147 cm³/mol. The Balaban J connectivity index is 1.31. The molecule has 1 aliphatic heterocycles. The van der Waals surface area contributed by atoms with Gasteiger partial charge in [0, 0.05) is 36.3 Å². The molecular weight excluding hydrogens is 466 g/mol. The first-order valence-corrected chi connectivity index (χ1v) is 12.8. The van der Waals surface area contributed by atoms with Crippen molar-refractivity contribution in [3.8, 4) is 11.4 Å². The molecule has 3 N–H and O–H groups in total. The first kappa shape index (κ1) is 24.8. The molecule has 0 saturated carbocycles. The second-order valence-electron chi connectivity index (χ2n) is 9.43. The maximum atomic E-state index is 13.1. The second kappa shape index (κ2) is 11.5. The molecule has 0 bridgehead atoms. The zero-order chi connectivity index (χ0) is 25.6. The Bertz CT molecular complexity index is 1350. The summed E-state index contributed by atoms with van der Waals surface area (Å²) in [6.07, 6.45) is 0.988. The molecule has 1 unspecified atom stereocenters. The zero-order valence-electron chi connectivity index (χ0n) is 21.2. The second-order valence-corrected chi connectivity index (χ2v) is 9.43. The minimum absolute atomic E-state index is 0.171. The molecule has 1 aliphatic rings. The van der Waals surface area contributed by atoms with E-state index in [0.29, 0.717) is 18.1 Å². The topological polar surface area (TPSA) is 89.4 Å². The number of urea groups is 1. The van der Waals surface area contributed by atoms with Gasteiger partial charge in [0.2, 0.25) is 0 Å². The Kier molecular flexibility index (Phi) is 7.67. The fourth-order valence-corrected chi connectivity index (χ4v) is 4.42. The van der Waals surface area contributed by atoms with E-state index in [-0.39, 0.29) is 18.1 Å². The van der Waals surface area contributed by atoms with Crippen LogP contribution in [-0.2, 0) is 4.74 Å². The van der Waals surface area contributed by atoms with Crippen LogP contribution in [0.5, 0.6) is 5.75 Å². The van der Waals surface area contributed by atoms with Crippen molar-refractivity contribution in [1.29, 1.82) is 0 Å². The number of aromatic nitrogens is 2. The van der Waals surface area contributed by atoms with Crippen molar-refractivity contribution in [3.63, 3.8) is 0 Å². The lowest BCUT2D eigenvalue weighted by atomic mass is 10.1. The molecular formula is C29H33N5O3. The average Bonchev–Trinajstić information content (AvgIpc) is 3.35. The molecule has 0 aliphatic carbocycles. The third-order valence-corrected chi connectivity index (χ3v) is 6.40. The van der Waals surface area contributed by atoms with Crippen molar-refractivity contribution in [3.05, 3.63) is 78.5 Å². The Morgan fingerprint density at radius 3 is 2.62 bits per heavy atom. The summed E-state index contributed by atoms with van der Waals surface area (Å²) in [5.41, 5.74) is 2.49. The number of nitrogens with zero attached hydrogens (tertiary/aromatic N) is 2. The molecule has 0 spiro atoms. The number of benzene rings is 3. The van der Waals surface area contributed by atoms with E-state index in [2.05, 4.69) is 29.8 Å². The van der Waals surface area contributed by atoms with Gasteiger partial charge in [-0.25, -0.2) is 9.48 Å². The molecule has 5 rings (SSSR count). The lowest BCUT2D eigenvalue weighted by Crippen LogP contribution is -2.39. The third kappa shape index (κ3) is 5.93. The molecule has 0 radical (unpaired) electrons. The lowest BCUT2D eigenvalue weighted by molar-refractivity contribution is 0.0160. The van der Waals surface area contributed by atoms with Crippen molar-refractivity contribution in [2.24, 2.45) is 0 Å². The van der Waals surface area contributed by atoms with E-state index < -0.39 is 0 Å². The largest absolute Gasteiger partial charge is 0.493 e. The van der Waals surface area contributed by atoms with Crippen LogP contribution in [0, 0.1) is 0 Å². The minimum atomic E-state index is -0.340. The molecule has 1 fully saturated rings. The van der Waals surface area contributed by atoms with Crippen LogP contribution >= 0.6 is 0 Å². The van der Waals surface area contributed by atoms with Crippen LogP contribution in [0.25, 0.3) is 16.5 Å². The summed E-state index contributed by atoms with van der Waals surface area (Å²) in [4.78, 5) is 13.1. The number of fused-ring (bicyclic) bond motifs is 1. The van der Waals surface area contributed by atoms with Gasteiger partial charge in [-0.05, 0) is 30.2 Å². The van der Waals surface area contributed by atoms with E-state index in [0.717, 1.165) is 54.0 Å². The van der Waals surface area contributed by atoms with Gasteiger partial charge in [0.05, 0.1) is 36.4 Å². The smallest absolute Gasteiger partial charge is 0.324 e. The Morgan fingerprint density at radius 1 is 1.08 bits per heavy atom. The van der Waals surface area contributed by atoms with E-state index in [1.165, 1.54) is 0 Å². The Labute approximate surface area is 217 Å². The number of amides is 2. The molecule has 3 aromatic carbocycles. The van der Waals surface area contributed by atoms with Gasteiger partial charge in [-0.1, -0.05) is 56.3 Å². The summed E-state index contributed by atoms with van der Waals surface area (Å²) in [6.45, 7) is 7.21. The van der Waals surface area contributed by atoms with Crippen LogP contribution in [0.1, 0.15) is 31.9 Å². The summed E-state index contributed by atoms with van der Waals surface area (Å²) >= 11 is 0. The fraction of sp³-hybridized carbons (Fsp3) is 0.310. The van der Waals surface area contributed by atoms with Crippen LogP contribution in [0.4, 0.5) is 16.3 Å². The molecule has 1 aromatic heterocycles. The van der Waals surface area contributed by atoms with Crippen LogP contribution in [0.2, 0.25) is 0 Å². The molecule has 8 heteroatoms. The van der Waals surface area contributed by atoms with E-state index in [1.807, 2.05) is 72.8 Å². The highest BCUT2D eigenvalue weighted by molar-refractivity contribution is 6.07. The molecule has 2 amide bonds. The van der Waals surface area contributed by atoms with E-state index in [4.69, 9.17) is 14.6 Å². The number of hydrogen-bond acceptors (Lipinski definition) is 5. The van der Waals surface area contributed by atoms with Gasteiger partial charge in [0.1, 0.15) is 11.6 Å². The summed E-state index contributed by atoms with van der Waals surface area (Å²) in [6, 6.07) is 23.0. The monoisotopic (exact) mass is 499 g/mol. The van der Waals surface area contributed by atoms with E-state index in [9.17, 15) is 4.79 Å². The van der Waals surface area contributed by atoms with Gasteiger partial charge in [-0.3, -0.25) is 5.32 Å². The molecule has 1 saturated heterocycles. The number of para-hydroxylation sites is 1. The highest BCUT2D eigenvalue weighted by atomic mass is 16.5. The maximum Gasteiger partial charge on any atom is 0.324 e. The fourth-order valence-electron chi connectivity index (χ4n) is 4.42. The van der Waals surface area contributed by atoms with Gasteiger partial charge in [0.25, 0.3) is 0 Å². The molecule has 8 nitrogen and oxygen atoms in total. The Hall–Kier alpha value is -3.88. The summed E-state index contributed by atoms with van der Waals surface area (Å²) in [5, 5.41) is 15.9. The van der Waals surface area contributed by atoms with E-state index >= 15 is 0 Å². The quantitative estimate of drug-likeness (QED) is 0.296. The van der Waals surface area contributed by atoms with Gasteiger partial charge < -0.3 is 20.1 Å². The van der Waals surface area contributed by atoms with Crippen LogP contribution in [0.15, 0.2) is 72.8 Å². The molecule has 192 valence electrons. The van der Waals surface area contributed by atoms with Crippen molar-refractivity contribution in [2.45, 2.75) is 32.3 Å². The first-order chi connectivity index (χ1) is 18.1. The van der Waals surface area contributed by atoms with Gasteiger partial charge in [-0.15, -0.1) is 0 Å². The van der Waals surface area contributed by atoms with Crippen molar-refractivity contribution in [1.82, 2.24) is 15.1 Å². The minimum Gasteiger partial charge on any atom is -0.493 e. The predicted octanol–water partition coefficient (Wildman–Crippen LogP) is 5.55. The average molecular weight is 500 g/mol. The van der Waals surface area contributed by atoms with Crippen LogP contribution in [-0.4, -0.2) is 48.2 Å². The number of anilines is 2. The number of rotatable bonds is 8. The normalized spacial score (nSPS) is 15.6. The number of carbonyl (C=O) groups is 1. The standard InChI is InChI=1S/C29H33N5O3/c1-20(2)26-18-28(34(33-26)21-8-4-3-5-9-21)32-29(35)31-25-12-13-27(24-11-7-6-10-23(24)25)37-16-14-22-19-30-15-17-36-22/h3-13,18,20,22,30H,14-17,19H2,1-2H3,(H2,31,32,35). The molecule has 2 heterocycles.